The maximum absolute atomic E-state index is 11.1. The van der Waals surface area contributed by atoms with Crippen molar-refractivity contribution in [3.63, 3.8) is 0 Å². The highest BCUT2D eigenvalue weighted by atomic mass is 16.5. The normalized spacial score (nSPS) is 20.2. The highest BCUT2D eigenvalue weighted by Gasteiger charge is 2.33. The smallest absolute Gasteiger partial charge is 0.307 e. The van der Waals surface area contributed by atoms with Gasteiger partial charge < -0.3 is 20.3 Å². The summed E-state index contributed by atoms with van der Waals surface area (Å²) in [6, 6.07) is 5.52. The van der Waals surface area contributed by atoms with Crippen LogP contribution in [0.15, 0.2) is 18.2 Å². The Morgan fingerprint density at radius 1 is 1.48 bits per heavy atom. The highest BCUT2D eigenvalue weighted by Crippen LogP contribution is 2.34. The summed E-state index contributed by atoms with van der Waals surface area (Å²) in [6.45, 7) is 1.63. The first-order valence-electron chi connectivity index (χ1n) is 6.99. The van der Waals surface area contributed by atoms with Gasteiger partial charge in [-0.15, -0.1) is 0 Å². The van der Waals surface area contributed by atoms with Gasteiger partial charge in [0.1, 0.15) is 11.5 Å². The molecule has 1 fully saturated rings. The number of nitrogens with zero attached hydrogens (tertiary/aromatic N) is 1. The van der Waals surface area contributed by atoms with Gasteiger partial charge in [0.05, 0.1) is 26.2 Å². The Morgan fingerprint density at radius 3 is 2.76 bits per heavy atom. The minimum Gasteiger partial charge on any atom is -0.497 e. The van der Waals surface area contributed by atoms with Crippen molar-refractivity contribution in [2.24, 2.45) is 11.7 Å². The van der Waals surface area contributed by atoms with E-state index in [1.807, 2.05) is 18.2 Å². The Balaban J connectivity index is 2.27. The van der Waals surface area contributed by atoms with E-state index < -0.39 is 5.97 Å². The van der Waals surface area contributed by atoms with E-state index in [2.05, 4.69) is 4.90 Å². The number of nitrogens with two attached hydrogens (primary N) is 1. The fourth-order valence-corrected chi connectivity index (χ4v) is 2.84. The number of hydrogen-bond donors (Lipinski definition) is 2. The van der Waals surface area contributed by atoms with Crippen LogP contribution in [0.1, 0.15) is 18.0 Å². The van der Waals surface area contributed by atoms with Gasteiger partial charge in [0.2, 0.25) is 0 Å². The fraction of sp³-hybridized carbons (Fsp3) is 0.533. The van der Waals surface area contributed by atoms with Crippen molar-refractivity contribution in [2.75, 3.05) is 33.9 Å². The average molecular weight is 294 g/mol. The zero-order valence-corrected chi connectivity index (χ0v) is 12.4. The molecule has 2 atom stereocenters. The van der Waals surface area contributed by atoms with Crippen LogP contribution in [0.2, 0.25) is 0 Å². The molecule has 21 heavy (non-hydrogen) atoms. The van der Waals surface area contributed by atoms with Gasteiger partial charge in [-0.25, -0.2) is 0 Å². The molecule has 2 rings (SSSR count). The summed E-state index contributed by atoms with van der Waals surface area (Å²) >= 11 is 0. The molecule has 0 aliphatic carbocycles. The van der Waals surface area contributed by atoms with Crippen LogP contribution >= 0.6 is 0 Å². The number of carboxylic acids is 1. The fourth-order valence-electron chi connectivity index (χ4n) is 2.84. The van der Waals surface area contributed by atoms with E-state index in [9.17, 15) is 4.79 Å². The van der Waals surface area contributed by atoms with Crippen molar-refractivity contribution in [2.45, 2.75) is 12.5 Å². The van der Waals surface area contributed by atoms with Gasteiger partial charge in [0.25, 0.3) is 0 Å². The third-order valence-corrected chi connectivity index (χ3v) is 4.03. The Bertz CT molecular complexity index is 506. The number of ether oxygens (including phenoxy) is 2. The molecule has 1 aliphatic rings. The summed E-state index contributed by atoms with van der Waals surface area (Å²) in [6.07, 6.45) is 0.651. The second-order valence-corrected chi connectivity index (χ2v) is 5.18. The van der Waals surface area contributed by atoms with E-state index in [1.54, 1.807) is 14.2 Å². The van der Waals surface area contributed by atoms with Crippen molar-refractivity contribution in [1.29, 1.82) is 0 Å². The molecule has 0 amide bonds. The molecule has 0 aromatic heterocycles. The van der Waals surface area contributed by atoms with Gasteiger partial charge in [-0.05, 0) is 31.2 Å². The van der Waals surface area contributed by atoms with Crippen molar-refractivity contribution < 1.29 is 19.4 Å². The van der Waals surface area contributed by atoms with Crippen LogP contribution in [-0.2, 0) is 4.79 Å². The minimum atomic E-state index is -0.745. The number of hydrogen-bond acceptors (Lipinski definition) is 5. The molecule has 0 unspecified atom stereocenters. The molecule has 0 saturated carbocycles. The van der Waals surface area contributed by atoms with Gasteiger partial charge in [-0.2, -0.15) is 0 Å². The number of likely N-dealkylation sites (tertiary alicyclic amines) is 1. The Morgan fingerprint density at radius 2 is 2.24 bits per heavy atom. The third-order valence-electron chi connectivity index (χ3n) is 4.03. The summed E-state index contributed by atoms with van der Waals surface area (Å²) < 4.78 is 10.7. The molecular formula is C15H22N2O4. The Labute approximate surface area is 124 Å². The molecule has 0 radical (unpaired) electrons. The number of benzene rings is 1. The first kappa shape index (κ1) is 15.6. The number of methoxy groups -OCH3 is 2. The first-order chi connectivity index (χ1) is 10.1. The topological polar surface area (TPSA) is 85.0 Å². The van der Waals surface area contributed by atoms with Gasteiger partial charge >= 0.3 is 5.97 Å². The quantitative estimate of drug-likeness (QED) is 0.817. The molecule has 0 bridgehead atoms. The number of carbonyl (C=O) groups is 1. The maximum atomic E-state index is 11.1. The molecule has 1 heterocycles. The Kier molecular flexibility index (Phi) is 5.03. The molecule has 0 spiro atoms. The number of carboxylic acid groups (broad SMARTS) is 1. The van der Waals surface area contributed by atoms with E-state index in [0.29, 0.717) is 19.5 Å². The van der Waals surface area contributed by atoms with Gasteiger partial charge in [-0.3, -0.25) is 9.69 Å². The highest BCUT2D eigenvalue weighted by molar-refractivity contribution is 5.70. The second-order valence-electron chi connectivity index (χ2n) is 5.18. The van der Waals surface area contributed by atoms with Crippen molar-refractivity contribution in [3.8, 4) is 11.5 Å². The maximum Gasteiger partial charge on any atom is 0.307 e. The monoisotopic (exact) mass is 294 g/mol. The van der Waals surface area contributed by atoms with Crippen LogP contribution in [0.3, 0.4) is 0 Å². The molecule has 6 nitrogen and oxygen atoms in total. The van der Waals surface area contributed by atoms with Crippen LogP contribution in [0.4, 0.5) is 0 Å². The lowest BCUT2D eigenvalue weighted by Gasteiger charge is -2.28. The Hall–Kier alpha value is -1.79. The standard InChI is InChI=1S/C15H22N2O4/c1-20-11-3-4-14(21-2)12(7-11)13(8-16)17-6-5-10(9-17)15(18)19/h3-4,7,10,13H,5-6,8-9,16H2,1-2H3,(H,18,19)/t10-,13+/m1/s1. The molecule has 1 saturated heterocycles. The van der Waals surface area contributed by atoms with Crippen LogP contribution < -0.4 is 15.2 Å². The SMILES string of the molecule is COc1ccc(OC)c([C@H](CN)N2CC[C@@H](C(=O)O)C2)c1. The van der Waals surface area contributed by atoms with Crippen molar-refractivity contribution in [3.05, 3.63) is 23.8 Å². The molecule has 116 valence electrons. The van der Waals surface area contributed by atoms with Gasteiger partial charge in [0.15, 0.2) is 0 Å². The minimum absolute atomic E-state index is 0.0700. The molecule has 3 N–H and O–H groups in total. The molecular weight excluding hydrogens is 272 g/mol. The zero-order chi connectivity index (χ0) is 15.4. The van der Waals surface area contributed by atoms with Gasteiger partial charge in [-0.1, -0.05) is 0 Å². The average Bonchev–Trinajstić information content (AvgIpc) is 2.98. The summed E-state index contributed by atoms with van der Waals surface area (Å²) in [4.78, 5) is 13.2. The predicted molar refractivity (Wildman–Crippen MR) is 78.7 cm³/mol. The zero-order valence-electron chi connectivity index (χ0n) is 12.4. The lowest BCUT2D eigenvalue weighted by molar-refractivity contribution is -0.141. The van der Waals surface area contributed by atoms with Crippen LogP contribution in [0, 0.1) is 5.92 Å². The number of aliphatic carboxylic acids is 1. The second kappa shape index (κ2) is 6.78. The lowest BCUT2D eigenvalue weighted by Crippen LogP contribution is -2.33. The lowest BCUT2D eigenvalue weighted by atomic mass is 10.0. The van der Waals surface area contributed by atoms with Crippen LogP contribution in [-0.4, -0.2) is 49.8 Å². The summed E-state index contributed by atoms with van der Waals surface area (Å²) in [5, 5.41) is 9.14. The first-order valence-corrected chi connectivity index (χ1v) is 6.99. The van der Waals surface area contributed by atoms with E-state index in [4.69, 9.17) is 20.3 Å². The summed E-state index contributed by atoms with van der Waals surface area (Å²) in [5.41, 5.74) is 6.87. The van der Waals surface area contributed by atoms with E-state index in [1.165, 1.54) is 0 Å². The van der Waals surface area contributed by atoms with E-state index in [0.717, 1.165) is 23.6 Å². The van der Waals surface area contributed by atoms with E-state index in [-0.39, 0.29) is 12.0 Å². The summed E-state index contributed by atoms with van der Waals surface area (Å²) in [7, 11) is 3.22. The van der Waals surface area contributed by atoms with Gasteiger partial charge in [0, 0.05) is 18.7 Å². The molecule has 1 aliphatic heterocycles. The molecule has 1 aromatic carbocycles. The summed E-state index contributed by atoms with van der Waals surface area (Å²) in [5.74, 6) is 0.407. The van der Waals surface area contributed by atoms with Crippen LogP contribution in [0.5, 0.6) is 11.5 Å². The predicted octanol–water partition coefficient (Wildman–Crippen LogP) is 1.11. The molecule has 1 aromatic rings. The van der Waals surface area contributed by atoms with Crippen molar-refractivity contribution in [1.82, 2.24) is 4.90 Å². The molecule has 6 heteroatoms. The third kappa shape index (κ3) is 3.28. The largest absolute Gasteiger partial charge is 0.497 e. The van der Waals surface area contributed by atoms with E-state index >= 15 is 0 Å². The van der Waals surface area contributed by atoms with Crippen LogP contribution in [0.25, 0.3) is 0 Å². The number of rotatable bonds is 6. The van der Waals surface area contributed by atoms with Crippen molar-refractivity contribution >= 4 is 5.97 Å².